The van der Waals surface area contributed by atoms with Crippen LogP contribution in [-0.4, -0.2) is 29.7 Å². The monoisotopic (exact) mass is 373 g/mol. The molecule has 3 N–H and O–H groups in total. The third-order valence-corrected chi connectivity index (χ3v) is 4.91. The first-order chi connectivity index (χ1) is 9.72. The van der Waals surface area contributed by atoms with Crippen molar-refractivity contribution in [1.82, 2.24) is 10.2 Å². The second-order valence-corrected chi connectivity index (χ2v) is 6.90. The maximum absolute atomic E-state index is 12.4. The number of rotatable bonds is 4. The van der Waals surface area contributed by atoms with Crippen LogP contribution in [0, 0.1) is 13.8 Å². The highest BCUT2D eigenvalue weighted by Crippen LogP contribution is 2.26. The predicted octanol–water partition coefficient (Wildman–Crippen LogP) is 2.29. The van der Waals surface area contributed by atoms with Crippen LogP contribution in [0.4, 0.5) is 5.69 Å². The standard InChI is InChI=1S/C12H12BrN3O4S/c1-6-11(7(2)15-14-6)21(19,20)16-10-5-8(13)3-4-9(10)12(17)18/h3-5,16H,1-2H3,(H,14,15)(H,17,18). The van der Waals surface area contributed by atoms with E-state index in [1.54, 1.807) is 13.8 Å². The van der Waals surface area contributed by atoms with Crippen molar-refractivity contribution < 1.29 is 18.3 Å². The Morgan fingerprint density at radius 3 is 2.57 bits per heavy atom. The van der Waals surface area contributed by atoms with Crippen molar-refractivity contribution in [2.24, 2.45) is 0 Å². The van der Waals surface area contributed by atoms with E-state index >= 15 is 0 Å². The minimum atomic E-state index is -3.93. The molecule has 1 heterocycles. The van der Waals surface area contributed by atoms with Gasteiger partial charge in [0.2, 0.25) is 0 Å². The van der Waals surface area contributed by atoms with E-state index in [0.29, 0.717) is 15.9 Å². The molecule has 7 nitrogen and oxygen atoms in total. The van der Waals surface area contributed by atoms with Gasteiger partial charge in [-0.15, -0.1) is 0 Å². The Morgan fingerprint density at radius 2 is 2.05 bits per heavy atom. The van der Waals surface area contributed by atoms with Gasteiger partial charge in [0, 0.05) is 4.47 Å². The zero-order valence-electron chi connectivity index (χ0n) is 11.1. The number of nitrogens with one attached hydrogen (secondary N) is 2. The highest BCUT2D eigenvalue weighted by atomic mass is 79.9. The summed E-state index contributed by atoms with van der Waals surface area (Å²) < 4.78 is 27.7. The SMILES string of the molecule is Cc1n[nH]c(C)c1S(=O)(=O)Nc1cc(Br)ccc1C(=O)O. The van der Waals surface area contributed by atoms with E-state index in [2.05, 4.69) is 30.8 Å². The summed E-state index contributed by atoms with van der Waals surface area (Å²) in [6.07, 6.45) is 0. The van der Waals surface area contributed by atoms with Crippen LogP contribution in [0.15, 0.2) is 27.6 Å². The first-order valence-corrected chi connectivity index (χ1v) is 8.07. The van der Waals surface area contributed by atoms with E-state index in [4.69, 9.17) is 5.11 Å². The number of aryl methyl sites for hydroxylation is 2. The highest BCUT2D eigenvalue weighted by Gasteiger charge is 2.24. The molecule has 9 heteroatoms. The van der Waals surface area contributed by atoms with Crippen molar-refractivity contribution in [1.29, 1.82) is 0 Å². The van der Waals surface area contributed by atoms with Crippen LogP contribution in [0.25, 0.3) is 0 Å². The molecule has 0 bridgehead atoms. The topological polar surface area (TPSA) is 112 Å². The molecule has 0 amide bonds. The van der Waals surface area contributed by atoms with Crippen molar-refractivity contribution >= 4 is 37.6 Å². The number of sulfonamides is 1. The number of nitrogens with zero attached hydrogens (tertiary/aromatic N) is 1. The van der Waals surface area contributed by atoms with E-state index in [9.17, 15) is 13.2 Å². The van der Waals surface area contributed by atoms with Gasteiger partial charge in [-0.1, -0.05) is 15.9 Å². The van der Waals surface area contributed by atoms with E-state index in [-0.39, 0.29) is 16.1 Å². The van der Waals surface area contributed by atoms with Gasteiger partial charge in [0.05, 0.1) is 22.6 Å². The molecule has 2 aromatic rings. The van der Waals surface area contributed by atoms with Crippen molar-refractivity contribution in [2.75, 3.05) is 4.72 Å². The van der Waals surface area contributed by atoms with Gasteiger partial charge in [0.1, 0.15) is 4.90 Å². The van der Waals surface area contributed by atoms with Crippen molar-refractivity contribution in [3.05, 3.63) is 39.6 Å². The minimum absolute atomic E-state index is 0.0128. The first-order valence-electron chi connectivity index (χ1n) is 5.79. The minimum Gasteiger partial charge on any atom is -0.478 e. The van der Waals surface area contributed by atoms with Gasteiger partial charge >= 0.3 is 5.97 Å². The predicted molar refractivity (Wildman–Crippen MR) is 80.0 cm³/mol. The number of halogens is 1. The number of aromatic nitrogens is 2. The molecule has 0 atom stereocenters. The lowest BCUT2D eigenvalue weighted by Gasteiger charge is -2.11. The van der Waals surface area contributed by atoms with Gasteiger partial charge in [-0.3, -0.25) is 9.82 Å². The average molecular weight is 374 g/mol. The molecule has 0 aliphatic heterocycles. The fraction of sp³-hybridized carbons (Fsp3) is 0.167. The lowest BCUT2D eigenvalue weighted by molar-refractivity contribution is 0.0698. The van der Waals surface area contributed by atoms with Crippen molar-refractivity contribution in [2.45, 2.75) is 18.7 Å². The molecule has 112 valence electrons. The van der Waals surface area contributed by atoms with Gasteiger partial charge in [-0.05, 0) is 32.0 Å². The molecular formula is C12H12BrN3O4S. The Balaban J connectivity index is 2.51. The summed E-state index contributed by atoms with van der Waals surface area (Å²) in [6.45, 7) is 3.13. The van der Waals surface area contributed by atoms with Crippen LogP contribution in [0.5, 0.6) is 0 Å². The molecule has 0 saturated heterocycles. The summed E-state index contributed by atoms with van der Waals surface area (Å²) >= 11 is 3.18. The molecular weight excluding hydrogens is 362 g/mol. The van der Waals surface area contributed by atoms with Gasteiger partial charge in [-0.2, -0.15) is 5.10 Å². The Morgan fingerprint density at radius 1 is 1.38 bits per heavy atom. The van der Waals surface area contributed by atoms with Gasteiger partial charge in [0.15, 0.2) is 0 Å². The summed E-state index contributed by atoms with van der Waals surface area (Å²) in [4.78, 5) is 11.2. The zero-order chi connectivity index (χ0) is 15.8. The molecule has 0 aliphatic carbocycles. The van der Waals surface area contributed by atoms with E-state index < -0.39 is 16.0 Å². The second-order valence-electron chi connectivity index (χ2n) is 4.36. The highest BCUT2D eigenvalue weighted by molar-refractivity contribution is 9.10. The Hall–Kier alpha value is -1.87. The average Bonchev–Trinajstić information content (AvgIpc) is 2.68. The molecule has 1 aromatic carbocycles. The van der Waals surface area contributed by atoms with Crippen LogP contribution < -0.4 is 4.72 Å². The number of aromatic carboxylic acids is 1. The molecule has 0 spiro atoms. The largest absolute Gasteiger partial charge is 0.478 e. The summed E-state index contributed by atoms with van der Waals surface area (Å²) in [5, 5.41) is 15.5. The van der Waals surface area contributed by atoms with E-state index in [0.717, 1.165) is 0 Å². The lowest BCUT2D eigenvalue weighted by Crippen LogP contribution is -2.17. The summed E-state index contributed by atoms with van der Waals surface area (Å²) in [7, 11) is -3.93. The molecule has 21 heavy (non-hydrogen) atoms. The fourth-order valence-corrected chi connectivity index (χ4v) is 3.72. The lowest BCUT2D eigenvalue weighted by atomic mass is 10.2. The van der Waals surface area contributed by atoms with Gasteiger partial charge < -0.3 is 5.11 Å². The van der Waals surface area contributed by atoms with E-state index in [1.807, 2.05) is 0 Å². The number of hydrogen-bond acceptors (Lipinski definition) is 4. The van der Waals surface area contributed by atoms with Gasteiger partial charge in [0.25, 0.3) is 10.0 Å². The van der Waals surface area contributed by atoms with Gasteiger partial charge in [-0.25, -0.2) is 13.2 Å². The molecule has 0 aliphatic rings. The third kappa shape index (κ3) is 3.08. The van der Waals surface area contributed by atoms with Crippen LogP contribution in [0.3, 0.4) is 0 Å². The van der Waals surface area contributed by atoms with Crippen LogP contribution >= 0.6 is 15.9 Å². The normalized spacial score (nSPS) is 11.4. The number of carboxylic acids is 1. The molecule has 2 rings (SSSR count). The van der Waals surface area contributed by atoms with Crippen molar-refractivity contribution in [3.63, 3.8) is 0 Å². The zero-order valence-corrected chi connectivity index (χ0v) is 13.5. The second kappa shape index (κ2) is 5.49. The number of hydrogen-bond donors (Lipinski definition) is 3. The number of carbonyl (C=O) groups is 1. The van der Waals surface area contributed by atoms with Crippen LogP contribution in [0.1, 0.15) is 21.7 Å². The molecule has 0 radical (unpaired) electrons. The number of H-pyrrole nitrogens is 1. The molecule has 0 fully saturated rings. The fourth-order valence-electron chi connectivity index (χ4n) is 1.92. The Labute approximate surface area is 129 Å². The number of aromatic amines is 1. The van der Waals surface area contributed by atoms with Crippen molar-refractivity contribution in [3.8, 4) is 0 Å². The molecule has 1 aromatic heterocycles. The third-order valence-electron chi connectivity index (χ3n) is 2.79. The van der Waals surface area contributed by atoms with Crippen LogP contribution in [-0.2, 0) is 10.0 Å². The van der Waals surface area contributed by atoms with Crippen LogP contribution in [0.2, 0.25) is 0 Å². The number of anilines is 1. The molecule has 0 saturated carbocycles. The Kier molecular flexibility index (Phi) is 4.06. The number of carboxylic acid groups (broad SMARTS) is 1. The quantitative estimate of drug-likeness (QED) is 0.760. The maximum atomic E-state index is 12.4. The first kappa shape index (κ1) is 15.5. The summed E-state index contributed by atoms with van der Waals surface area (Å²) in [5.41, 5.74) is 0.538. The van der Waals surface area contributed by atoms with E-state index in [1.165, 1.54) is 18.2 Å². The Bertz CT molecular complexity index is 794. The number of benzene rings is 1. The summed E-state index contributed by atoms with van der Waals surface area (Å²) in [5.74, 6) is -1.22. The smallest absolute Gasteiger partial charge is 0.337 e. The summed E-state index contributed by atoms with van der Waals surface area (Å²) in [6, 6.07) is 4.24. The molecule has 0 unspecified atom stereocenters. The maximum Gasteiger partial charge on any atom is 0.337 e.